The van der Waals surface area contributed by atoms with Crippen molar-refractivity contribution in [1.82, 2.24) is 4.90 Å². The molecule has 1 fully saturated rings. The number of benzene rings is 1. The molecule has 0 atom stereocenters. The Kier molecular flexibility index (Phi) is 4.78. The smallest absolute Gasteiger partial charge is 0.410 e. The molecule has 2 rings (SSSR count). The van der Waals surface area contributed by atoms with Crippen molar-refractivity contribution in [2.75, 3.05) is 12.8 Å². The molecule has 1 aliphatic rings. The van der Waals surface area contributed by atoms with E-state index in [1.807, 2.05) is 30.3 Å². The Balaban J connectivity index is 1.87. The summed E-state index contributed by atoms with van der Waals surface area (Å²) in [6, 6.07) is 9.39. The second kappa shape index (κ2) is 6.23. The summed E-state index contributed by atoms with van der Waals surface area (Å²) in [4.78, 5) is 13.5. The second-order valence-electron chi connectivity index (χ2n) is 5.32. The van der Waals surface area contributed by atoms with Crippen LogP contribution < -0.4 is 0 Å². The minimum Gasteiger partial charge on any atom is -0.445 e. The van der Waals surface area contributed by atoms with Crippen molar-refractivity contribution in [1.29, 1.82) is 0 Å². The first kappa shape index (κ1) is 16.1. The van der Waals surface area contributed by atoms with E-state index in [1.54, 1.807) is 7.05 Å². The monoisotopic (exact) mass is 331 g/mol. The van der Waals surface area contributed by atoms with Gasteiger partial charge in [0, 0.05) is 23.3 Å². The van der Waals surface area contributed by atoms with Crippen LogP contribution >= 0.6 is 10.7 Å². The zero-order valence-electron chi connectivity index (χ0n) is 11.8. The highest BCUT2D eigenvalue weighted by molar-refractivity contribution is 8.13. The largest absolute Gasteiger partial charge is 0.445 e. The van der Waals surface area contributed by atoms with Crippen LogP contribution in [0.3, 0.4) is 0 Å². The summed E-state index contributed by atoms with van der Waals surface area (Å²) >= 11 is 0. The molecular weight excluding hydrogens is 314 g/mol. The van der Waals surface area contributed by atoms with Crippen LogP contribution in [0.15, 0.2) is 30.3 Å². The summed E-state index contributed by atoms with van der Waals surface area (Å²) in [5.74, 6) is -0.134. The van der Waals surface area contributed by atoms with Crippen molar-refractivity contribution in [2.24, 2.45) is 0 Å². The Morgan fingerprint density at radius 3 is 2.48 bits per heavy atom. The molecule has 5 nitrogen and oxygen atoms in total. The molecule has 1 aromatic rings. The lowest BCUT2D eigenvalue weighted by molar-refractivity contribution is 0.0855. The molecular formula is C14H18ClNO4S. The summed E-state index contributed by atoms with van der Waals surface area (Å²) in [5, 5.41) is 0. The van der Waals surface area contributed by atoms with Gasteiger partial charge in [0.1, 0.15) is 6.61 Å². The number of rotatable bonds is 6. The van der Waals surface area contributed by atoms with Gasteiger partial charge in [-0.2, -0.15) is 0 Å². The van der Waals surface area contributed by atoms with E-state index >= 15 is 0 Å². The average molecular weight is 332 g/mol. The maximum atomic E-state index is 12.0. The molecule has 116 valence electrons. The van der Waals surface area contributed by atoms with Crippen LogP contribution in [0.1, 0.15) is 24.8 Å². The van der Waals surface area contributed by atoms with Crippen molar-refractivity contribution in [3.8, 4) is 0 Å². The number of hydrogen-bond donors (Lipinski definition) is 0. The van der Waals surface area contributed by atoms with E-state index in [9.17, 15) is 13.2 Å². The Morgan fingerprint density at radius 2 is 1.95 bits per heavy atom. The molecule has 7 heteroatoms. The Bertz CT molecular complexity index is 599. The van der Waals surface area contributed by atoms with Crippen LogP contribution in [0.2, 0.25) is 0 Å². The van der Waals surface area contributed by atoms with Crippen LogP contribution in [0.4, 0.5) is 4.79 Å². The molecule has 0 radical (unpaired) electrons. The first-order valence-electron chi connectivity index (χ1n) is 6.69. The molecule has 0 heterocycles. The van der Waals surface area contributed by atoms with E-state index in [-0.39, 0.29) is 12.4 Å². The van der Waals surface area contributed by atoms with Gasteiger partial charge in [-0.3, -0.25) is 0 Å². The lowest BCUT2D eigenvalue weighted by Crippen LogP contribution is -2.40. The average Bonchev–Trinajstić information content (AvgIpc) is 3.23. The third kappa shape index (κ3) is 4.61. The number of ether oxygens (including phenoxy) is 1. The fraction of sp³-hybridized carbons (Fsp3) is 0.500. The summed E-state index contributed by atoms with van der Waals surface area (Å²) in [5.41, 5.74) is 0.489. The Morgan fingerprint density at radius 1 is 1.33 bits per heavy atom. The van der Waals surface area contributed by atoms with Gasteiger partial charge in [0.05, 0.1) is 5.75 Å². The summed E-state index contributed by atoms with van der Waals surface area (Å²) < 4.78 is 27.3. The van der Waals surface area contributed by atoms with Crippen molar-refractivity contribution in [2.45, 2.75) is 31.4 Å². The molecule has 0 unspecified atom stereocenters. The fourth-order valence-corrected chi connectivity index (χ4v) is 3.07. The van der Waals surface area contributed by atoms with Gasteiger partial charge in [-0.25, -0.2) is 13.2 Å². The molecule has 0 aliphatic heterocycles. The van der Waals surface area contributed by atoms with Gasteiger partial charge in [0.25, 0.3) is 0 Å². The van der Waals surface area contributed by atoms with Crippen molar-refractivity contribution in [3.05, 3.63) is 35.9 Å². The van der Waals surface area contributed by atoms with Gasteiger partial charge in [0.2, 0.25) is 9.05 Å². The quantitative estimate of drug-likeness (QED) is 0.752. The number of carbonyl (C=O) groups excluding carboxylic acids is 1. The molecule has 1 aliphatic carbocycles. The highest BCUT2D eigenvalue weighted by Crippen LogP contribution is 2.44. The highest BCUT2D eigenvalue weighted by atomic mass is 35.7. The van der Waals surface area contributed by atoms with Crippen LogP contribution in [0, 0.1) is 0 Å². The number of halogens is 1. The van der Waals surface area contributed by atoms with Crippen molar-refractivity contribution in [3.63, 3.8) is 0 Å². The Labute approximate surface area is 129 Å². The van der Waals surface area contributed by atoms with E-state index in [0.29, 0.717) is 6.42 Å². The minimum absolute atomic E-state index is 0.134. The Hall–Kier alpha value is -1.27. The molecule has 0 aromatic heterocycles. The first-order valence-corrected chi connectivity index (χ1v) is 9.17. The van der Waals surface area contributed by atoms with Crippen LogP contribution in [0.25, 0.3) is 0 Å². The molecule has 1 amide bonds. The third-order valence-corrected chi connectivity index (χ3v) is 4.98. The number of hydrogen-bond acceptors (Lipinski definition) is 4. The van der Waals surface area contributed by atoms with Crippen molar-refractivity contribution < 1.29 is 17.9 Å². The molecule has 0 spiro atoms. The van der Waals surface area contributed by atoms with Crippen LogP contribution in [-0.2, 0) is 20.4 Å². The topological polar surface area (TPSA) is 63.7 Å². The predicted molar refractivity (Wildman–Crippen MR) is 80.6 cm³/mol. The predicted octanol–water partition coefficient (Wildman–Crippen LogP) is 2.75. The van der Waals surface area contributed by atoms with Gasteiger partial charge in [-0.05, 0) is 24.8 Å². The first-order chi connectivity index (χ1) is 9.82. The maximum Gasteiger partial charge on any atom is 0.410 e. The van der Waals surface area contributed by atoms with E-state index < -0.39 is 20.7 Å². The summed E-state index contributed by atoms with van der Waals surface area (Å²) in [7, 11) is 3.33. The van der Waals surface area contributed by atoms with Gasteiger partial charge in [-0.1, -0.05) is 30.3 Å². The SMILES string of the molecule is CN(C(=O)OCc1ccccc1)C1(CCS(=O)(=O)Cl)CC1. The molecule has 0 N–H and O–H groups in total. The molecule has 21 heavy (non-hydrogen) atoms. The normalized spacial score (nSPS) is 16.3. The van der Waals surface area contributed by atoms with Gasteiger partial charge < -0.3 is 9.64 Å². The number of amides is 1. The molecule has 1 aromatic carbocycles. The van der Waals surface area contributed by atoms with Gasteiger partial charge >= 0.3 is 6.09 Å². The number of carbonyl (C=O) groups is 1. The van der Waals surface area contributed by atoms with Crippen LogP contribution in [-0.4, -0.2) is 37.8 Å². The van der Waals surface area contributed by atoms with Crippen LogP contribution in [0.5, 0.6) is 0 Å². The zero-order chi connectivity index (χ0) is 15.5. The third-order valence-electron chi connectivity index (χ3n) is 3.83. The van der Waals surface area contributed by atoms with Gasteiger partial charge in [0.15, 0.2) is 0 Å². The lowest BCUT2D eigenvalue weighted by Gasteiger charge is -2.27. The summed E-state index contributed by atoms with van der Waals surface area (Å²) in [6.07, 6.45) is 1.45. The fourth-order valence-electron chi connectivity index (χ4n) is 2.22. The zero-order valence-corrected chi connectivity index (χ0v) is 13.4. The van der Waals surface area contributed by atoms with E-state index in [1.165, 1.54) is 4.90 Å². The minimum atomic E-state index is -3.54. The van der Waals surface area contributed by atoms with E-state index in [2.05, 4.69) is 0 Å². The molecule has 0 saturated heterocycles. The molecule has 0 bridgehead atoms. The standard InChI is InChI=1S/C14H18ClNO4S/c1-16(14(7-8-14)9-10-21(15,18)19)13(17)20-11-12-5-3-2-4-6-12/h2-6H,7-11H2,1H3. The summed E-state index contributed by atoms with van der Waals surface area (Å²) in [6.45, 7) is 0.202. The molecule has 1 saturated carbocycles. The lowest BCUT2D eigenvalue weighted by atomic mass is 10.2. The second-order valence-corrected chi connectivity index (χ2v) is 8.21. The van der Waals surface area contributed by atoms with E-state index in [4.69, 9.17) is 15.4 Å². The maximum absolute atomic E-state index is 12.0. The van der Waals surface area contributed by atoms with E-state index in [0.717, 1.165) is 18.4 Å². The van der Waals surface area contributed by atoms with Gasteiger partial charge in [-0.15, -0.1) is 0 Å². The van der Waals surface area contributed by atoms with Crippen molar-refractivity contribution >= 4 is 25.8 Å². The highest BCUT2D eigenvalue weighted by Gasteiger charge is 2.49. The number of nitrogens with zero attached hydrogens (tertiary/aromatic N) is 1.